The molecule has 2 fully saturated rings. The van der Waals surface area contributed by atoms with Gasteiger partial charge in [-0.05, 0) is 33.2 Å². The third-order valence-corrected chi connectivity index (χ3v) is 4.05. The molecule has 0 aliphatic carbocycles. The van der Waals surface area contributed by atoms with Crippen molar-refractivity contribution in [1.29, 1.82) is 0 Å². The molecule has 4 heteroatoms. The maximum atomic E-state index is 9.31. The van der Waals surface area contributed by atoms with E-state index in [2.05, 4.69) is 23.6 Å². The number of likely N-dealkylation sites (tertiary alicyclic amines) is 1. The van der Waals surface area contributed by atoms with E-state index in [-0.39, 0.29) is 0 Å². The zero-order valence-corrected chi connectivity index (χ0v) is 11.1. The SMILES string of the molecule is CC(C)N1CCOC(CN2CCCC2CO)C1. The molecule has 2 heterocycles. The van der Waals surface area contributed by atoms with Gasteiger partial charge in [-0.3, -0.25) is 9.80 Å². The molecule has 17 heavy (non-hydrogen) atoms. The van der Waals surface area contributed by atoms with E-state index in [9.17, 15) is 5.11 Å². The van der Waals surface area contributed by atoms with Crippen molar-refractivity contribution in [1.82, 2.24) is 9.80 Å². The highest BCUT2D eigenvalue weighted by Gasteiger charge is 2.29. The fourth-order valence-electron chi connectivity index (χ4n) is 2.93. The number of nitrogens with zero attached hydrogens (tertiary/aromatic N) is 2. The number of aliphatic hydroxyl groups excluding tert-OH is 1. The largest absolute Gasteiger partial charge is 0.395 e. The molecule has 0 aromatic rings. The molecule has 2 saturated heterocycles. The van der Waals surface area contributed by atoms with Crippen LogP contribution in [0.25, 0.3) is 0 Å². The van der Waals surface area contributed by atoms with Gasteiger partial charge in [0.2, 0.25) is 0 Å². The number of morpholine rings is 1. The molecule has 0 aromatic heterocycles. The van der Waals surface area contributed by atoms with Crippen molar-refractivity contribution in [3.63, 3.8) is 0 Å². The van der Waals surface area contributed by atoms with Crippen LogP contribution in [0.4, 0.5) is 0 Å². The third kappa shape index (κ3) is 3.41. The summed E-state index contributed by atoms with van der Waals surface area (Å²) in [5, 5.41) is 9.31. The zero-order chi connectivity index (χ0) is 12.3. The highest BCUT2D eigenvalue weighted by atomic mass is 16.5. The Morgan fingerprint density at radius 3 is 2.88 bits per heavy atom. The van der Waals surface area contributed by atoms with Gasteiger partial charge in [0.25, 0.3) is 0 Å². The quantitative estimate of drug-likeness (QED) is 0.781. The van der Waals surface area contributed by atoms with E-state index in [1.54, 1.807) is 0 Å². The van der Waals surface area contributed by atoms with E-state index in [0.717, 1.165) is 39.2 Å². The second-order valence-corrected chi connectivity index (χ2v) is 5.56. The molecular formula is C13H26N2O2. The average molecular weight is 242 g/mol. The van der Waals surface area contributed by atoms with Crippen LogP contribution >= 0.6 is 0 Å². The van der Waals surface area contributed by atoms with Crippen LogP contribution < -0.4 is 0 Å². The van der Waals surface area contributed by atoms with Crippen LogP contribution in [-0.4, -0.2) is 72.5 Å². The molecule has 2 atom stereocenters. The Kier molecular flexibility index (Phi) is 4.79. The Balaban J connectivity index is 1.82. The summed E-state index contributed by atoms with van der Waals surface area (Å²) in [6.07, 6.45) is 2.67. The van der Waals surface area contributed by atoms with E-state index in [1.807, 2.05) is 0 Å². The summed E-state index contributed by atoms with van der Waals surface area (Å²) in [5.74, 6) is 0. The fourth-order valence-corrected chi connectivity index (χ4v) is 2.93. The monoisotopic (exact) mass is 242 g/mol. The van der Waals surface area contributed by atoms with Crippen molar-refractivity contribution in [3.05, 3.63) is 0 Å². The minimum atomic E-state index is 0.292. The van der Waals surface area contributed by atoms with E-state index in [1.165, 1.54) is 6.42 Å². The Labute approximate surface area is 105 Å². The summed E-state index contributed by atoms with van der Waals surface area (Å²) in [6.45, 7) is 9.82. The van der Waals surface area contributed by atoms with Crippen LogP contribution in [0.2, 0.25) is 0 Å². The van der Waals surface area contributed by atoms with Gasteiger partial charge in [-0.1, -0.05) is 0 Å². The predicted molar refractivity (Wildman–Crippen MR) is 68.1 cm³/mol. The molecule has 100 valence electrons. The molecule has 1 N–H and O–H groups in total. The second kappa shape index (κ2) is 6.14. The van der Waals surface area contributed by atoms with Gasteiger partial charge < -0.3 is 9.84 Å². The van der Waals surface area contributed by atoms with Crippen LogP contribution in [0.3, 0.4) is 0 Å². The lowest BCUT2D eigenvalue weighted by Crippen LogP contribution is -2.50. The van der Waals surface area contributed by atoms with Crippen molar-refractivity contribution in [2.45, 2.75) is 44.9 Å². The first-order valence-electron chi connectivity index (χ1n) is 6.91. The topological polar surface area (TPSA) is 35.9 Å². The second-order valence-electron chi connectivity index (χ2n) is 5.56. The van der Waals surface area contributed by atoms with Gasteiger partial charge in [0, 0.05) is 31.7 Å². The molecular weight excluding hydrogens is 216 g/mol. The maximum Gasteiger partial charge on any atom is 0.0829 e. The van der Waals surface area contributed by atoms with E-state index in [4.69, 9.17) is 4.74 Å². The van der Waals surface area contributed by atoms with Crippen molar-refractivity contribution in [2.75, 3.05) is 39.4 Å². The highest BCUT2D eigenvalue weighted by molar-refractivity contribution is 4.83. The molecule has 0 radical (unpaired) electrons. The first-order chi connectivity index (χ1) is 8.20. The van der Waals surface area contributed by atoms with Gasteiger partial charge >= 0.3 is 0 Å². The Morgan fingerprint density at radius 2 is 2.18 bits per heavy atom. The molecule has 2 rings (SSSR count). The molecule has 0 bridgehead atoms. The Bertz CT molecular complexity index is 235. The van der Waals surface area contributed by atoms with Gasteiger partial charge in [-0.2, -0.15) is 0 Å². The number of ether oxygens (including phenoxy) is 1. The number of rotatable bonds is 4. The van der Waals surface area contributed by atoms with Crippen molar-refractivity contribution in [3.8, 4) is 0 Å². The molecule has 0 amide bonds. The first-order valence-corrected chi connectivity index (χ1v) is 6.91. The van der Waals surface area contributed by atoms with Gasteiger partial charge in [0.15, 0.2) is 0 Å². The lowest BCUT2D eigenvalue weighted by atomic mass is 10.2. The fraction of sp³-hybridized carbons (Fsp3) is 1.00. The van der Waals surface area contributed by atoms with Crippen LogP contribution in [0.5, 0.6) is 0 Å². The average Bonchev–Trinajstić information content (AvgIpc) is 2.76. The lowest BCUT2D eigenvalue weighted by Gasteiger charge is -2.37. The van der Waals surface area contributed by atoms with Gasteiger partial charge in [0.05, 0.1) is 19.3 Å². The van der Waals surface area contributed by atoms with Gasteiger partial charge in [-0.15, -0.1) is 0 Å². The third-order valence-electron chi connectivity index (χ3n) is 4.05. The number of aliphatic hydroxyl groups is 1. The summed E-state index contributed by atoms with van der Waals surface area (Å²) in [6, 6.07) is 0.974. The van der Waals surface area contributed by atoms with E-state index >= 15 is 0 Å². The standard InChI is InChI=1S/C13H26N2O2/c1-11(2)14-6-7-17-13(8-14)9-15-5-3-4-12(15)10-16/h11-13,16H,3-10H2,1-2H3. The molecule has 2 unspecified atom stereocenters. The maximum absolute atomic E-state index is 9.31. The van der Waals surface area contributed by atoms with E-state index in [0.29, 0.717) is 24.8 Å². The minimum Gasteiger partial charge on any atom is -0.395 e. The van der Waals surface area contributed by atoms with Crippen molar-refractivity contribution >= 4 is 0 Å². The predicted octanol–water partition coefficient (Wildman–Crippen LogP) is 0.552. The number of hydrogen-bond acceptors (Lipinski definition) is 4. The molecule has 0 aromatic carbocycles. The Morgan fingerprint density at radius 1 is 1.35 bits per heavy atom. The molecule has 0 saturated carbocycles. The summed E-state index contributed by atoms with van der Waals surface area (Å²) in [5.41, 5.74) is 0. The normalized spacial score (nSPS) is 32.5. The summed E-state index contributed by atoms with van der Waals surface area (Å²) >= 11 is 0. The summed E-state index contributed by atoms with van der Waals surface area (Å²) in [4.78, 5) is 4.88. The van der Waals surface area contributed by atoms with Crippen LogP contribution in [-0.2, 0) is 4.74 Å². The summed E-state index contributed by atoms with van der Waals surface area (Å²) < 4.78 is 5.85. The van der Waals surface area contributed by atoms with Crippen LogP contribution in [0.1, 0.15) is 26.7 Å². The molecule has 2 aliphatic rings. The minimum absolute atomic E-state index is 0.292. The van der Waals surface area contributed by atoms with E-state index < -0.39 is 0 Å². The van der Waals surface area contributed by atoms with Gasteiger partial charge in [0.1, 0.15) is 0 Å². The van der Waals surface area contributed by atoms with Crippen molar-refractivity contribution in [2.24, 2.45) is 0 Å². The summed E-state index contributed by atoms with van der Waals surface area (Å²) in [7, 11) is 0. The van der Waals surface area contributed by atoms with Crippen molar-refractivity contribution < 1.29 is 9.84 Å². The lowest BCUT2D eigenvalue weighted by molar-refractivity contribution is -0.0553. The molecule has 2 aliphatic heterocycles. The van der Waals surface area contributed by atoms with Crippen LogP contribution in [0, 0.1) is 0 Å². The number of hydrogen-bond donors (Lipinski definition) is 1. The smallest absolute Gasteiger partial charge is 0.0829 e. The Hall–Kier alpha value is -0.160. The molecule has 0 spiro atoms. The highest BCUT2D eigenvalue weighted by Crippen LogP contribution is 2.19. The molecule has 4 nitrogen and oxygen atoms in total. The zero-order valence-electron chi connectivity index (χ0n) is 11.1. The van der Waals surface area contributed by atoms with Gasteiger partial charge in [-0.25, -0.2) is 0 Å². The van der Waals surface area contributed by atoms with Crippen LogP contribution in [0.15, 0.2) is 0 Å². The first kappa shape index (κ1) is 13.3.